The second-order valence-corrected chi connectivity index (χ2v) is 4.46. The molecule has 0 unspecified atom stereocenters. The number of hydrogen-bond acceptors (Lipinski definition) is 3. The number of aliphatic imine (C=N–C) groups is 1. The van der Waals surface area contributed by atoms with Crippen molar-refractivity contribution in [2.75, 3.05) is 7.05 Å². The molecular formula is C17H17N3. The Hall–Kier alpha value is -2.47. The van der Waals surface area contributed by atoms with E-state index in [2.05, 4.69) is 29.0 Å². The summed E-state index contributed by atoms with van der Waals surface area (Å²) >= 11 is 0. The number of aromatic nitrogens is 1. The van der Waals surface area contributed by atoms with Gasteiger partial charge in [0.2, 0.25) is 0 Å². The van der Waals surface area contributed by atoms with Gasteiger partial charge in [-0.15, -0.1) is 0 Å². The van der Waals surface area contributed by atoms with Gasteiger partial charge in [0.05, 0.1) is 11.3 Å². The minimum absolute atomic E-state index is 0.616. The van der Waals surface area contributed by atoms with Crippen LogP contribution in [0.25, 0.3) is 16.3 Å². The van der Waals surface area contributed by atoms with Gasteiger partial charge in [0.25, 0.3) is 0 Å². The fourth-order valence-electron chi connectivity index (χ4n) is 2.36. The minimum atomic E-state index is 0.616. The van der Waals surface area contributed by atoms with Crippen molar-refractivity contribution in [3.05, 3.63) is 47.3 Å². The van der Waals surface area contributed by atoms with E-state index >= 15 is 0 Å². The fraction of sp³-hybridized carbons (Fsp3) is 0.235. The van der Waals surface area contributed by atoms with Crippen LogP contribution >= 0.6 is 0 Å². The highest BCUT2D eigenvalue weighted by molar-refractivity contribution is 6.11. The van der Waals surface area contributed by atoms with Crippen molar-refractivity contribution >= 4 is 22.6 Å². The second kappa shape index (κ2) is 6.12. The van der Waals surface area contributed by atoms with Crippen LogP contribution in [0.4, 0.5) is 0 Å². The molecule has 1 aromatic heterocycles. The molecule has 0 aliphatic heterocycles. The molecule has 0 spiro atoms. The standard InChI is InChI=1S/C17H17N3/c1-4-12-7-6-8-14-15(9-18)17(20-11-16(12)14)13(5-2)10-19-3/h5-8,10-11H,4H2,1-3H3/b13-5+,19-10?. The van der Waals surface area contributed by atoms with Gasteiger partial charge in [-0.2, -0.15) is 5.26 Å². The Bertz CT molecular complexity index is 734. The molecule has 0 saturated carbocycles. The van der Waals surface area contributed by atoms with E-state index < -0.39 is 0 Å². The van der Waals surface area contributed by atoms with Gasteiger partial charge in [0, 0.05) is 35.8 Å². The van der Waals surface area contributed by atoms with Gasteiger partial charge in [0.1, 0.15) is 6.07 Å². The maximum absolute atomic E-state index is 9.53. The van der Waals surface area contributed by atoms with Gasteiger partial charge in [-0.3, -0.25) is 9.98 Å². The van der Waals surface area contributed by atoms with Crippen molar-refractivity contribution in [2.45, 2.75) is 20.3 Å². The number of hydrogen-bond donors (Lipinski definition) is 0. The molecule has 0 radical (unpaired) electrons. The molecule has 0 bridgehead atoms. The SMILES string of the molecule is C/C=C(\C=NC)c1ncc2c(CC)cccc2c1C#N. The number of nitriles is 1. The summed E-state index contributed by atoms with van der Waals surface area (Å²) in [5, 5.41) is 11.5. The normalized spacial score (nSPS) is 12.0. The lowest BCUT2D eigenvalue weighted by atomic mass is 9.97. The van der Waals surface area contributed by atoms with Crippen molar-refractivity contribution in [3.63, 3.8) is 0 Å². The van der Waals surface area contributed by atoms with Gasteiger partial charge in [-0.25, -0.2) is 0 Å². The van der Waals surface area contributed by atoms with Gasteiger partial charge >= 0.3 is 0 Å². The second-order valence-electron chi connectivity index (χ2n) is 4.46. The van der Waals surface area contributed by atoms with Crippen LogP contribution in [0.5, 0.6) is 0 Å². The molecule has 100 valence electrons. The molecule has 0 atom stereocenters. The molecule has 0 amide bonds. The lowest BCUT2D eigenvalue weighted by Gasteiger charge is -2.09. The van der Waals surface area contributed by atoms with Gasteiger partial charge in [0.15, 0.2) is 0 Å². The Labute approximate surface area is 119 Å². The van der Waals surface area contributed by atoms with Crippen molar-refractivity contribution < 1.29 is 0 Å². The minimum Gasteiger partial charge on any atom is -0.296 e. The fourth-order valence-corrected chi connectivity index (χ4v) is 2.36. The molecule has 1 aromatic carbocycles. The predicted molar refractivity (Wildman–Crippen MR) is 83.9 cm³/mol. The van der Waals surface area contributed by atoms with Crippen LogP contribution in [-0.2, 0) is 6.42 Å². The van der Waals surface area contributed by atoms with Crippen molar-refractivity contribution in [3.8, 4) is 6.07 Å². The van der Waals surface area contributed by atoms with Crippen LogP contribution in [-0.4, -0.2) is 18.2 Å². The molecule has 0 N–H and O–H groups in total. The quantitative estimate of drug-likeness (QED) is 0.791. The number of pyridine rings is 1. The Balaban J connectivity index is 2.81. The van der Waals surface area contributed by atoms with Crippen molar-refractivity contribution in [2.24, 2.45) is 4.99 Å². The number of rotatable bonds is 3. The highest BCUT2D eigenvalue weighted by atomic mass is 14.7. The Morgan fingerprint density at radius 2 is 2.20 bits per heavy atom. The summed E-state index contributed by atoms with van der Waals surface area (Å²) in [5.41, 5.74) is 3.39. The molecule has 1 heterocycles. The summed E-state index contributed by atoms with van der Waals surface area (Å²) in [4.78, 5) is 8.52. The largest absolute Gasteiger partial charge is 0.296 e. The Morgan fingerprint density at radius 1 is 1.40 bits per heavy atom. The van der Waals surface area contributed by atoms with E-state index in [9.17, 15) is 5.26 Å². The van der Waals surface area contributed by atoms with E-state index in [1.807, 2.05) is 31.3 Å². The van der Waals surface area contributed by atoms with E-state index in [1.165, 1.54) is 5.56 Å². The number of aryl methyl sites for hydroxylation is 1. The highest BCUT2D eigenvalue weighted by Crippen LogP contribution is 2.26. The van der Waals surface area contributed by atoms with Crippen LogP contribution in [0, 0.1) is 11.3 Å². The number of nitrogens with zero attached hydrogens (tertiary/aromatic N) is 3. The maximum atomic E-state index is 9.53. The highest BCUT2D eigenvalue weighted by Gasteiger charge is 2.12. The molecule has 0 aliphatic carbocycles. The van der Waals surface area contributed by atoms with Gasteiger partial charge in [-0.05, 0) is 18.9 Å². The van der Waals surface area contributed by atoms with E-state index in [4.69, 9.17) is 0 Å². The van der Waals surface area contributed by atoms with Gasteiger partial charge < -0.3 is 0 Å². The first-order valence-electron chi connectivity index (χ1n) is 6.66. The summed E-state index contributed by atoms with van der Waals surface area (Å²) < 4.78 is 0. The van der Waals surface area contributed by atoms with E-state index in [-0.39, 0.29) is 0 Å². The van der Waals surface area contributed by atoms with Crippen molar-refractivity contribution in [1.82, 2.24) is 4.98 Å². The van der Waals surface area contributed by atoms with Crippen LogP contribution < -0.4 is 0 Å². The van der Waals surface area contributed by atoms with Crippen LogP contribution in [0.2, 0.25) is 0 Å². The Morgan fingerprint density at radius 3 is 2.80 bits per heavy atom. The monoisotopic (exact) mass is 263 g/mol. The lowest BCUT2D eigenvalue weighted by molar-refractivity contribution is 1.15. The molecule has 0 saturated heterocycles. The van der Waals surface area contributed by atoms with Crippen LogP contribution in [0.15, 0.2) is 35.5 Å². The van der Waals surface area contributed by atoms with Crippen LogP contribution in [0.1, 0.15) is 30.7 Å². The predicted octanol–water partition coefficient (Wildman–Crippen LogP) is 3.77. The number of fused-ring (bicyclic) bond motifs is 1. The van der Waals surface area contributed by atoms with Crippen molar-refractivity contribution in [1.29, 1.82) is 5.26 Å². The number of benzene rings is 1. The summed E-state index contributed by atoms with van der Waals surface area (Å²) in [6.07, 6.45) is 6.44. The summed E-state index contributed by atoms with van der Waals surface area (Å²) in [6, 6.07) is 8.35. The van der Waals surface area contributed by atoms with E-state index in [1.54, 1.807) is 13.3 Å². The summed E-state index contributed by atoms with van der Waals surface area (Å²) in [5.74, 6) is 0. The first-order valence-corrected chi connectivity index (χ1v) is 6.66. The third kappa shape index (κ3) is 2.33. The number of allylic oxidation sites excluding steroid dienone is 2. The molecule has 0 aliphatic rings. The zero-order valence-corrected chi connectivity index (χ0v) is 12.0. The average molecular weight is 263 g/mol. The van der Waals surface area contributed by atoms with Crippen LogP contribution in [0.3, 0.4) is 0 Å². The lowest BCUT2D eigenvalue weighted by Crippen LogP contribution is -1.98. The third-order valence-electron chi connectivity index (χ3n) is 3.37. The molecule has 3 heteroatoms. The Kier molecular flexibility index (Phi) is 4.27. The molecule has 20 heavy (non-hydrogen) atoms. The zero-order valence-electron chi connectivity index (χ0n) is 12.0. The maximum Gasteiger partial charge on any atom is 0.102 e. The summed E-state index contributed by atoms with van der Waals surface area (Å²) in [7, 11) is 1.71. The third-order valence-corrected chi connectivity index (χ3v) is 3.37. The molecule has 2 rings (SSSR count). The zero-order chi connectivity index (χ0) is 14.5. The molecule has 2 aromatic rings. The van der Waals surface area contributed by atoms with E-state index in [0.29, 0.717) is 11.3 Å². The molecule has 0 fully saturated rings. The first-order chi connectivity index (χ1) is 9.76. The van der Waals surface area contributed by atoms with E-state index in [0.717, 1.165) is 22.8 Å². The summed E-state index contributed by atoms with van der Waals surface area (Å²) in [6.45, 7) is 4.03. The topological polar surface area (TPSA) is 49.0 Å². The average Bonchev–Trinajstić information content (AvgIpc) is 2.50. The molecular weight excluding hydrogens is 246 g/mol. The molecule has 3 nitrogen and oxygen atoms in total. The van der Waals surface area contributed by atoms with Gasteiger partial charge in [-0.1, -0.05) is 31.2 Å². The first kappa shape index (κ1) is 14.0. The smallest absolute Gasteiger partial charge is 0.102 e.